The van der Waals surface area contributed by atoms with Crippen LogP contribution in [0.2, 0.25) is 0 Å². The van der Waals surface area contributed by atoms with E-state index in [1.165, 1.54) is 5.56 Å². The van der Waals surface area contributed by atoms with Gasteiger partial charge in [-0.3, -0.25) is 10.9 Å². The van der Waals surface area contributed by atoms with E-state index in [2.05, 4.69) is 27.8 Å². The van der Waals surface area contributed by atoms with Crippen molar-refractivity contribution in [3.05, 3.63) is 53.2 Å². The lowest BCUT2D eigenvalue weighted by atomic mass is 9.81. The zero-order chi connectivity index (χ0) is 21.5. The van der Waals surface area contributed by atoms with Gasteiger partial charge in [-0.15, -0.1) is 0 Å². The lowest BCUT2D eigenvalue weighted by Crippen LogP contribution is -2.33. The molecule has 3 rings (SSSR count). The third-order valence-corrected chi connectivity index (χ3v) is 5.40. The second-order valence-electron chi connectivity index (χ2n) is 7.24. The molecule has 1 aliphatic carbocycles. The van der Waals surface area contributed by atoms with Crippen molar-refractivity contribution in [3.63, 3.8) is 0 Å². The number of rotatable bonds is 8. The van der Waals surface area contributed by atoms with Crippen molar-refractivity contribution in [2.24, 2.45) is 11.6 Å². The van der Waals surface area contributed by atoms with E-state index in [0.717, 1.165) is 42.5 Å². The molecule has 1 aliphatic rings. The number of nitrogens with two attached hydrogens (primary N) is 2. The van der Waals surface area contributed by atoms with Crippen LogP contribution >= 0.6 is 0 Å². The van der Waals surface area contributed by atoms with Gasteiger partial charge in [-0.1, -0.05) is 18.2 Å². The largest absolute Gasteiger partial charge is 0.474 e. The smallest absolute Gasteiger partial charge is 0.361 e. The molecule has 1 fully saturated rings. The Morgan fingerprint density at radius 2 is 2.07 bits per heavy atom. The number of nitrogens with zero attached hydrogens (tertiary/aromatic N) is 1. The highest BCUT2D eigenvalue weighted by atomic mass is 16.5. The quantitative estimate of drug-likeness (QED) is 0.144. The average molecular weight is 415 g/mol. The SMILES string of the molecule is CCOC(=O)/C(NN)=C(/N)O[C@H]1CC[C@@H](c2ccc(-c3ccn[nH]3)c(CO)c2)CC1. The highest BCUT2D eigenvalue weighted by Crippen LogP contribution is 2.36. The molecule has 9 heteroatoms. The first-order chi connectivity index (χ1) is 14.6. The van der Waals surface area contributed by atoms with Crippen molar-refractivity contribution >= 4 is 5.97 Å². The van der Waals surface area contributed by atoms with Gasteiger partial charge >= 0.3 is 5.97 Å². The van der Waals surface area contributed by atoms with Crippen LogP contribution in [0.25, 0.3) is 11.3 Å². The molecule has 0 aliphatic heterocycles. The minimum atomic E-state index is -0.639. The summed E-state index contributed by atoms with van der Waals surface area (Å²) in [6.07, 6.45) is 5.01. The number of aliphatic hydroxyl groups excluding tert-OH is 1. The molecule has 7 N–H and O–H groups in total. The van der Waals surface area contributed by atoms with Crippen LogP contribution in [-0.2, 0) is 20.9 Å². The molecule has 0 unspecified atom stereocenters. The Kier molecular flexibility index (Phi) is 7.31. The number of carbonyl (C=O) groups is 1. The molecule has 0 radical (unpaired) electrons. The van der Waals surface area contributed by atoms with Gasteiger partial charge in [0, 0.05) is 11.8 Å². The summed E-state index contributed by atoms with van der Waals surface area (Å²) >= 11 is 0. The van der Waals surface area contributed by atoms with Gasteiger partial charge in [0.15, 0.2) is 5.70 Å². The Bertz CT molecular complexity index is 874. The Balaban J connectivity index is 1.63. The minimum Gasteiger partial charge on any atom is -0.474 e. The van der Waals surface area contributed by atoms with Crippen LogP contribution < -0.4 is 17.0 Å². The summed E-state index contributed by atoms with van der Waals surface area (Å²) in [5.74, 6) is 5.07. The normalized spacial score (nSPS) is 19.7. The molecule has 0 amide bonds. The fourth-order valence-corrected chi connectivity index (χ4v) is 3.85. The number of esters is 1. The molecule has 1 aromatic carbocycles. The molecule has 1 aromatic heterocycles. The van der Waals surface area contributed by atoms with E-state index in [1.807, 2.05) is 12.1 Å². The standard InChI is InChI=1S/C21H29N5O4/c1-2-29-21(28)19(25-23)20(22)30-16-6-3-13(4-7-16)14-5-8-17(15(11-14)12-27)18-9-10-24-26-18/h5,8-11,13,16,25,27H,2-4,6-7,12,22-23H2,1H3,(H,24,26)/b20-19+/t13-,16+. The van der Waals surface area contributed by atoms with Gasteiger partial charge in [0.05, 0.1) is 18.9 Å². The van der Waals surface area contributed by atoms with Crippen LogP contribution in [0.15, 0.2) is 42.0 Å². The summed E-state index contributed by atoms with van der Waals surface area (Å²) in [6.45, 7) is 1.89. The Hall–Kier alpha value is -3.04. The second-order valence-corrected chi connectivity index (χ2v) is 7.24. The average Bonchev–Trinajstić information content (AvgIpc) is 3.29. The van der Waals surface area contributed by atoms with E-state index in [1.54, 1.807) is 13.1 Å². The maximum absolute atomic E-state index is 11.9. The number of H-pyrrole nitrogens is 1. The molecule has 0 spiro atoms. The first-order valence-corrected chi connectivity index (χ1v) is 10.1. The lowest BCUT2D eigenvalue weighted by Gasteiger charge is -2.30. The topological polar surface area (TPSA) is 149 Å². The highest BCUT2D eigenvalue weighted by Gasteiger charge is 2.26. The summed E-state index contributed by atoms with van der Waals surface area (Å²) in [4.78, 5) is 11.9. The van der Waals surface area contributed by atoms with Gasteiger partial charge in [0.1, 0.15) is 6.10 Å². The molecule has 9 nitrogen and oxygen atoms in total. The number of benzene rings is 1. The number of hydrazine groups is 1. The molecule has 2 aromatic rings. The number of aliphatic hydroxyl groups is 1. The Morgan fingerprint density at radius 3 is 2.67 bits per heavy atom. The summed E-state index contributed by atoms with van der Waals surface area (Å²) < 4.78 is 10.7. The van der Waals surface area contributed by atoms with Gasteiger partial charge in [0.2, 0.25) is 5.88 Å². The predicted octanol–water partition coefficient (Wildman–Crippen LogP) is 1.77. The van der Waals surface area contributed by atoms with Crippen LogP contribution in [0, 0.1) is 0 Å². The van der Waals surface area contributed by atoms with Gasteiger partial charge in [-0.25, -0.2) is 4.79 Å². The second kappa shape index (κ2) is 10.1. The number of hydrogen-bond donors (Lipinski definition) is 5. The van der Waals surface area contributed by atoms with Gasteiger partial charge < -0.3 is 25.7 Å². The molecule has 0 saturated heterocycles. The molecule has 162 valence electrons. The summed E-state index contributed by atoms with van der Waals surface area (Å²) in [5, 5.41) is 16.7. The monoisotopic (exact) mass is 415 g/mol. The van der Waals surface area contributed by atoms with Crippen LogP contribution in [0.5, 0.6) is 0 Å². The summed E-state index contributed by atoms with van der Waals surface area (Å²) in [5.41, 5.74) is 12.0. The van der Waals surface area contributed by atoms with Gasteiger partial charge in [-0.05, 0) is 55.7 Å². The van der Waals surface area contributed by atoms with Crippen molar-refractivity contribution < 1.29 is 19.4 Å². The van der Waals surface area contributed by atoms with Crippen LogP contribution in [0.1, 0.15) is 49.7 Å². The lowest BCUT2D eigenvalue weighted by molar-refractivity contribution is -0.139. The number of carbonyl (C=O) groups excluding carboxylic acids is 1. The number of hydrogen-bond acceptors (Lipinski definition) is 8. The molecule has 1 heterocycles. The molecular weight excluding hydrogens is 386 g/mol. The fraction of sp³-hybridized carbons (Fsp3) is 0.429. The van der Waals surface area contributed by atoms with E-state index < -0.39 is 5.97 Å². The van der Waals surface area contributed by atoms with E-state index in [4.69, 9.17) is 21.1 Å². The zero-order valence-corrected chi connectivity index (χ0v) is 17.1. The van der Waals surface area contributed by atoms with Crippen molar-refractivity contribution in [2.75, 3.05) is 6.61 Å². The van der Waals surface area contributed by atoms with E-state index >= 15 is 0 Å². The number of aromatic nitrogens is 2. The number of aromatic amines is 1. The summed E-state index contributed by atoms with van der Waals surface area (Å²) in [7, 11) is 0. The van der Waals surface area contributed by atoms with Gasteiger partial charge in [0.25, 0.3) is 0 Å². The fourth-order valence-electron chi connectivity index (χ4n) is 3.85. The minimum absolute atomic E-state index is 0.0370. The maximum atomic E-state index is 11.9. The van der Waals surface area contributed by atoms with Crippen molar-refractivity contribution in [1.29, 1.82) is 0 Å². The van der Waals surface area contributed by atoms with Crippen LogP contribution in [-0.4, -0.2) is 34.0 Å². The number of nitrogens with one attached hydrogen (secondary N) is 2. The summed E-state index contributed by atoms with van der Waals surface area (Å²) in [6, 6.07) is 8.08. The van der Waals surface area contributed by atoms with Crippen molar-refractivity contribution in [2.45, 2.75) is 51.2 Å². The Labute approximate surface area is 175 Å². The van der Waals surface area contributed by atoms with Crippen molar-refractivity contribution in [1.82, 2.24) is 15.6 Å². The van der Waals surface area contributed by atoms with E-state index in [9.17, 15) is 9.90 Å². The third-order valence-electron chi connectivity index (χ3n) is 5.40. The van der Waals surface area contributed by atoms with Crippen molar-refractivity contribution in [3.8, 4) is 11.3 Å². The highest BCUT2D eigenvalue weighted by molar-refractivity contribution is 5.88. The maximum Gasteiger partial charge on any atom is 0.361 e. The molecule has 0 atom stereocenters. The molecular formula is C21H29N5O4. The first kappa shape index (κ1) is 21.7. The predicted molar refractivity (Wildman–Crippen MR) is 111 cm³/mol. The van der Waals surface area contributed by atoms with E-state index in [-0.39, 0.29) is 30.9 Å². The molecule has 30 heavy (non-hydrogen) atoms. The van der Waals surface area contributed by atoms with E-state index in [0.29, 0.717) is 5.92 Å². The molecule has 0 bridgehead atoms. The molecule has 1 saturated carbocycles. The first-order valence-electron chi connectivity index (χ1n) is 10.1. The Morgan fingerprint density at radius 1 is 1.30 bits per heavy atom. The zero-order valence-electron chi connectivity index (χ0n) is 17.1. The van der Waals surface area contributed by atoms with Crippen LogP contribution in [0.4, 0.5) is 0 Å². The van der Waals surface area contributed by atoms with Crippen LogP contribution in [0.3, 0.4) is 0 Å². The third kappa shape index (κ3) is 4.92. The van der Waals surface area contributed by atoms with Gasteiger partial charge in [-0.2, -0.15) is 5.10 Å². The number of ether oxygens (including phenoxy) is 2.